The lowest BCUT2D eigenvalue weighted by Gasteiger charge is -2.38. The van der Waals surface area contributed by atoms with Crippen molar-refractivity contribution in [3.8, 4) is 0 Å². The third-order valence-electron chi connectivity index (χ3n) is 4.83. The highest BCUT2D eigenvalue weighted by Crippen LogP contribution is 2.36. The van der Waals surface area contributed by atoms with E-state index < -0.39 is 0 Å². The first-order valence-corrected chi connectivity index (χ1v) is 7.58. The number of hydrogen-bond acceptors (Lipinski definition) is 2. The smallest absolute Gasteiger partial charge is 0.317 e. The molecule has 104 valence electrons. The zero-order chi connectivity index (χ0) is 13.2. The van der Waals surface area contributed by atoms with Crippen LogP contribution in [0, 0.1) is 5.41 Å². The van der Waals surface area contributed by atoms with E-state index in [-0.39, 0.29) is 5.41 Å². The molecule has 18 heavy (non-hydrogen) atoms. The van der Waals surface area contributed by atoms with Gasteiger partial charge in [-0.1, -0.05) is 12.8 Å². The number of amides is 1. The minimum Gasteiger partial charge on any atom is -0.317 e. The average molecular weight is 253 g/mol. The Morgan fingerprint density at radius 3 is 2.00 bits per heavy atom. The highest BCUT2D eigenvalue weighted by atomic mass is 16.2. The summed E-state index contributed by atoms with van der Waals surface area (Å²) in [5.41, 5.74) is 0.251. The monoisotopic (exact) mass is 253 g/mol. The van der Waals surface area contributed by atoms with Gasteiger partial charge in [0.1, 0.15) is 5.54 Å². The van der Waals surface area contributed by atoms with Gasteiger partial charge in [0.05, 0.1) is 18.4 Å². The van der Waals surface area contributed by atoms with Gasteiger partial charge in [-0.05, 0) is 46.7 Å². The van der Waals surface area contributed by atoms with Crippen LogP contribution >= 0.6 is 0 Å². The fourth-order valence-corrected chi connectivity index (χ4v) is 3.70. The number of quaternary nitrogens is 1. The summed E-state index contributed by atoms with van der Waals surface area (Å²) in [4.78, 5) is 12.9. The zero-order valence-corrected chi connectivity index (χ0v) is 12.3. The molecule has 3 fully saturated rings. The first-order valence-electron chi connectivity index (χ1n) is 7.58. The second kappa shape index (κ2) is 5.30. The van der Waals surface area contributed by atoms with Crippen molar-refractivity contribution >= 4 is 5.91 Å². The first-order chi connectivity index (χ1) is 8.46. The summed E-state index contributed by atoms with van der Waals surface area (Å²) in [5, 5.41) is 3.35. The topological polar surface area (TPSA) is 33.5 Å². The Bertz CT molecular complexity index is 294. The summed E-state index contributed by atoms with van der Waals surface area (Å²) in [6, 6.07) is 0. The highest BCUT2D eigenvalue weighted by Gasteiger charge is 2.62. The molecule has 0 aromatic carbocycles. The summed E-state index contributed by atoms with van der Waals surface area (Å²) in [7, 11) is 0. The van der Waals surface area contributed by atoms with Crippen molar-refractivity contribution in [2.75, 3.05) is 19.6 Å². The molecule has 0 aliphatic carbocycles. The van der Waals surface area contributed by atoms with Crippen molar-refractivity contribution in [1.29, 1.82) is 0 Å². The van der Waals surface area contributed by atoms with E-state index in [0.717, 1.165) is 13.0 Å². The number of rotatable bonds is 0. The molecular formula is C15H29N2O+. The molecule has 3 rings (SSSR count). The largest absolute Gasteiger partial charge is 0.318 e. The molecule has 0 saturated carbocycles. The van der Waals surface area contributed by atoms with E-state index in [1.807, 2.05) is 0 Å². The molecule has 2 atom stereocenters. The third-order valence-corrected chi connectivity index (χ3v) is 4.83. The molecule has 0 radical (unpaired) electrons. The van der Waals surface area contributed by atoms with Crippen molar-refractivity contribution in [2.24, 2.45) is 5.41 Å². The lowest BCUT2D eigenvalue weighted by molar-refractivity contribution is -0.914. The Morgan fingerprint density at radius 2 is 1.67 bits per heavy atom. The number of carbonyl (C=O) groups is 1. The van der Waals surface area contributed by atoms with Crippen LogP contribution in [0.3, 0.4) is 0 Å². The number of nitrogens with one attached hydrogen (secondary N) is 2. The van der Waals surface area contributed by atoms with Crippen molar-refractivity contribution in [3.05, 3.63) is 0 Å². The maximum atomic E-state index is 11.7. The molecule has 3 heterocycles. The van der Waals surface area contributed by atoms with Gasteiger partial charge < -0.3 is 5.32 Å². The number of hydrogen-bond donors (Lipinski definition) is 2. The van der Waals surface area contributed by atoms with E-state index in [1.54, 1.807) is 0 Å². The molecule has 0 aromatic rings. The fourth-order valence-electron chi connectivity index (χ4n) is 3.70. The summed E-state index contributed by atoms with van der Waals surface area (Å²) < 4.78 is 0. The molecule has 2 N–H and O–H groups in total. The minimum atomic E-state index is -0.0550. The number of carbonyl (C=O) groups excluding carboxylic acids is 1. The third kappa shape index (κ3) is 2.77. The highest BCUT2D eigenvalue weighted by molar-refractivity contribution is 5.76. The van der Waals surface area contributed by atoms with Crippen LogP contribution in [0.4, 0.5) is 0 Å². The van der Waals surface area contributed by atoms with Crippen LogP contribution in [0.15, 0.2) is 0 Å². The SMILES string of the molecule is C1CCCNCC1.CC1(C)CC2(C)CC[NH+]2C1=O. The Labute approximate surface area is 111 Å². The molecule has 3 aliphatic heterocycles. The lowest BCUT2D eigenvalue weighted by atomic mass is 9.81. The van der Waals surface area contributed by atoms with Crippen molar-refractivity contribution in [3.63, 3.8) is 0 Å². The van der Waals surface area contributed by atoms with Gasteiger partial charge in [-0.3, -0.25) is 4.90 Å². The molecule has 0 aromatic heterocycles. The van der Waals surface area contributed by atoms with Gasteiger partial charge in [0.15, 0.2) is 0 Å². The molecule has 3 saturated heterocycles. The van der Waals surface area contributed by atoms with E-state index in [0.29, 0.717) is 11.4 Å². The lowest BCUT2D eigenvalue weighted by Crippen LogP contribution is -3.26. The van der Waals surface area contributed by atoms with Gasteiger partial charge in [-0.25, -0.2) is 4.79 Å². The van der Waals surface area contributed by atoms with E-state index in [2.05, 4.69) is 26.1 Å². The molecular weight excluding hydrogens is 224 g/mol. The predicted octanol–water partition coefficient (Wildman–Crippen LogP) is 1.14. The standard InChI is InChI=1S/C9H15NO.C6H13N/c1-8(2)6-9(3)4-5-10(9)7(8)11;1-2-4-6-7-5-3-1/h4-6H2,1-3H3;7H,1-6H2/p+1. The van der Waals surface area contributed by atoms with Gasteiger partial charge in [-0.15, -0.1) is 0 Å². The summed E-state index contributed by atoms with van der Waals surface area (Å²) in [6.07, 6.45) is 7.96. The summed E-state index contributed by atoms with van der Waals surface area (Å²) in [5.74, 6) is 0.436. The van der Waals surface area contributed by atoms with Gasteiger partial charge in [0, 0.05) is 6.42 Å². The van der Waals surface area contributed by atoms with Crippen LogP contribution in [0.1, 0.15) is 59.3 Å². The Kier molecular flexibility index (Phi) is 4.12. The second-order valence-electron chi connectivity index (χ2n) is 7.09. The molecule has 3 nitrogen and oxygen atoms in total. The van der Waals surface area contributed by atoms with Crippen LogP contribution in [-0.2, 0) is 4.79 Å². The van der Waals surface area contributed by atoms with Gasteiger partial charge in [0.25, 0.3) is 0 Å². The van der Waals surface area contributed by atoms with Crippen LogP contribution < -0.4 is 10.2 Å². The van der Waals surface area contributed by atoms with E-state index in [4.69, 9.17) is 0 Å². The molecule has 3 heteroatoms. The maximum Gasteiger partial charge on any atom is 0.318 e. The molecule has 1 amide bonds. The van der Waals surface area contributed by atoms with Crippen LogP contribution in [0.2, 0.25) is 0 Å². The Balaban J connectivity index is 0.000000149. The van der Waals surface area contributed by atoms with E-state index in [1.165, 1.54) is 50.1 Å². The average Bonchev–Trinajstić information content (AvgIpc) is 2.56. The molecule has 0 bridgehead atoms. The van der Waals surface area contributed by atoms with Gasteiger partial charge >= 0.3 is 5.91 Å². The quantitative estimate of drug-likeness (QED) is 0.679. The van der Waals surface area contributed by atoms with Crippen LogP contribution in [-0.4, -0.2) is 31.1 Å². The summed E-state index contributed by atoms with van der Waals surface area (Å²) >= 11 is 0. The summed E-state index contributed by atoms with van der Waals surface area (Å²) in [6.45, 7) is 9.95. The molecule has 3 aliphatic rings. The molecule has 0 spiro atoms. The minimum absolute atomic E-state index is 0.0550. The maximum absolute atomic E-state index is 11.7. The van der Waals surface area contributed by atoms with E-state index in [9.17, 15) is 4.79 Å². The van der Waals surface area contributed by atoms with Crippen molar-refractivity contribution in [1.82, 2.24) is 5.32 Å². The second-order valence-corrected chi connectivity index (χ2v) is 7.09. The normalized spacial score (nSPS) is 37.9. The Hall–Kier alpha value is -0.410. The number of fused-ring (bicyclic) bond motifs is 1. The van der Waals surface area contributed by atoms with Crippen LogP contribution in [0.25, 0.3) is 0 Å². The van der Waals surface area contributed by atoms with Crippen molar-refractivity contribution in [2.45, 2.75) is 64.8 Å². The first kappa shape index (κ1) is 14.0. The van der Waals surface area contributed by atoms with Gasteiger partial charge in [0.2, 0.25) is 0 Å². The molecule has 2 unspecified atom stereocenters. The van der Waals surface area contributed by atoms with Crippen LogP contribution in [0.5, 0.6) is 0 Å². The fraction of sp³-hybridized carbons (Fsp3) is 0.933. The zero-order valence-electron chi connectivity index (χ0n) is 12.3. The van der Waals surface area contributed by atoms with E-state index >= 15 is 0 Å². The Morgan fingerprint density at radius 1 is 1.06 bits per heavy atom. The van der Waals surface area contributed by atoms with Gasteiger partial charge in [-0.2, -0.15) is 0 Å². The predicted molar refractivity (Wildman–Crippen MR) is 73.6 cm³/mol. The van der Waals surface area contributed by atoms with Crippen molar-refractivity contribution < 1.29 is 9.69 Å².